The van der Waals surface area contributed by atoms with Crippen LogP contribution >= 0.6 is 15.9 Å². The molecule has 1 rings (SSSR count). The Hall–Kier alpha value is -1.34. The van der Waals surface area contributed by atoms with Gasteiger partial charge in [0.15, 0.2) is 0 Å². The third kappa shape index (κ3) is 3.07. The van der Waals surface area contributed by atoms with Gasteiger partial charge in [0.1, 0.15) is 5.54 Å². The number of halogens is 1. The molecule has 0 fully saturated rings. The van der Waals surface area contributed by atoms with Crippen LogP contribution in [0.15, 0.2) is 28.7 Å². The van der Waals surface area contributed by atoms with E-state index in [0.717, 1.165) is 4.47 Å². The van der Waals surface area contributed by atoms with Crippen molar-refractivity contribution in [2.75, 3.05) is 0 Å². The smallest absolute Gasteiger partial charge is 0.253 e. The van der Waals surface area contributed by atoms with Crippen molar-refractivity contribution in [3.63, 3.8) is 0 Å². The maximum Gasteiger partial charge on any atom is 0.253 e. The summed E-state index contributed by atoms with van der Waals surface area (Å²) >= 11 is 3.28. The van der Waals surface area contributed by atoms with Crippen LogP contribution < -0.4 is 5.32 Å². The highest BCUT2D eigenvalue weighted by atomic mass is 79.9. The van der Waals surface area contributed by atoms with Crippen LogP contribution in [0.2, 0.25) is 0 Å². The second-order valence-electron chi connectivity index (χ2n) is 3.67. The molecule has 0 aromatic heterocycles. The van der Waals surface area contributed by atoms with Gasteiger partial charge in [-0.15, -0.1) is 0 Å². The molecule has 0 atom stereocenters. The molecule has 1 aromatic rings. The fourth-order valence-electron chi connectivity index (χ4n) is 1.02. The molecule has 0 unspecified atom stereocenters. The zero-order valence-corrected chi connectivity index (χ0v) is 10.1. The summed E-state index contributed by atoms with van der Waals surface area (Å²) in [7, 11) is 0. The van der Waals surface area contributed by atoms with Crippen LogP contribution in [-0.2, 0) is 0 Å². The number of hydrogen-bond donors (Lipinski definition) is 1. The quantitative estimate of drug-likeness (QED) is 0.894. The normalized spacial score (nSPS) is 10.5. The Morgan fingerprint density at radius 1 is 1.47 bits per heavy atom. The molecule has 0 spiro atoms. The molecule has 0 saturated heterocycles. The third-order valence-electron chi connectivity index (χ3n) is 1.82. The van der Waals surface area contributed by atoms with Crippen molar-refractivity contribution in [3.8, 4) is 6.07 Å². The molecule has 0 aliphatic carbocycles. The molecule has 0 aliphatic heterocycles. The van der Waals surface area contributed by atoms with Crippen LogP contribution in [0.25, 0.3) is 0 Å². The number of amides is 1. The SMILES string of the molecule is CC(C)(C#N)NC(=O)c1ccccc1Br. The summed E-state index contributed by atoms with van der Waals surface area (Å²) in [6.07, 6.45) is 0. The van der Waals surface area contributed by atoms with Gasteiger partial charge in [0.25, 0.3) is 5.91 Å². The van der Waals surface area contributed by atoms with Gasteiger partial charge >= 0.3 is 0 Å². The molecule has 3 nitrogen and oxygen atoms in total. The number of benzene rings is 1. The van der Waals surface area contributed by atoms with Crippen molar-refractivity contribution in [1.29, 1.82) is 5.26 Å². The van der Waals surface area contributed by atoms with E-state index < -0.39 is 5.54 Å². The monoisotopic (exact) mass is 266 g/mol. The molecule has 0 bridgehead atoms. The van der Waals surface area contributed by atoms with Gasteiger partial charge in [0, 0.05) is 4.47 Å². The predicted molar refractivity (Wildman–Crippen MR) is 61.3 cm³/mol. The Balaban J connectivity index is 2.89. The Morgan fingerprint density at radius 2 is 2.07 bits per heavy atom. The van der Waals surface area contributed by atoms with Crippen LogP contribution in [0, 0.1) is 11.3 Å². The summed E-state index contributed by atoms with van der Waals surface area (Å²) in [6, 6.07) is 9.11. The molecular formula is C11H11BrN2O. The molecular weight excluding hydrogens is 256 g/mol. The summed E-state index contributed by atoms with van der Waals surface area (Å²) in [5.41, 5.74) is -0.326. The van der Waals surface area contributed by atoms with Gasteiger partial charge in [-0.25, -0.2) is 0 Å². The summed E-state index contributed by atoms with van der Waals surface area (Å²) in [5.74, 6) is -0.256. The van der Waals surface area contributed by atoms with Gasteiger partial charge in [-0.1, -0.05) is 12.1 Å². The van der Waals surface area contributed by atoms with Crippen LogP contribution in [0.1, 0.15) is 24.2 Å². The van der Waals surface area contributed by atoms with Gasteiger partial charge in [0.2, 0.25) is 0 Å². The number of nitrogens with zero attached hydrogens (tertiary/aromatic N) is 1. The molecule has 0 aliphatic rings. The van der Waals surface area contributed by atoms with Gasteiger partial charge in [-0.3, -0.25) is 4.79 Å². The number of hydrogen-bond acceptors (Lipinski definition) is 2. The maximum atomic E-state index is 11.7. The fourth-order valence-corrected chi connectivity index (χ4v) is 1.49. The molecule has 0 radical (unpaired) electrons. The summed E-state index contributed by atoms with van der Waals surface area (Å²) < 4.78 is 0.719. The van der Waals surface area contributed by atoms with Crippen LogP contribution in [0.4, 0.5) is 0 Å². The molecule has 0 saturated carbocycles. The highest BCUT2D eigenvalue weighted by Crippen LogP contribution is 2.16. The van der Waals surface area contributed by atoms with E-state index in [0.29, 0.717) is 5.56 Å². The molecule has 78 valence electrons. The average molecular weight is 267 g/mol. The Bertz CT molecular complexity index is 421. The Morgan fingerprint density at radius 3 is 2.60 bits per heavy atom. The Labute approximate surface area is 97.2 Å². The number of carbonyl (C=O) groups is 1. The van der Waals surface area contributed by atoms with Crippen LogP contribution in [0.5, 0.6) is 0 Å². The van der Waals surface area contributed by atoms with E-state index in [4.69, 9.17) is 5.26 Å². The van der Waals surface area contributed by atoms with E-state index in [1.807, 2.05) is 12.1 Å². The first-order valence-corrected chi connectivity index (χ1v) is 5.24. The van der Waals surface area contributed by atoms with Gasteiger partial charge in [0.05, 0.1) is 11.6 Å². The zero-order chi connectivity index (χ0) is 11.5. The van der Waals surface area contributed by atoms with Gasteiger partial charge < -0.3 is 5.32 Å². The van der Waals surface area contributed by atoms with Crippen molar-refractivity contribution in [2.24, 2.45) is 0 Å². The van der Waals surface area contributed by atoms with E-state index in [9.17, 15) is 4.79 Å². The lowest BCUT2D eigenvalue weighted by molar-refractivity contribution is 0.0928. The van der Waals surface area contributed by atoms with Crippen molar-refractivity contribution in [3.05, 3.63) is 34.3 Å². The van der Waals surface area contributed by atoms with E-state index in [2.05, 4.69) is 21.2 Å². The number of nitriles is 1. The van der Waals surface area contributed by atoms with Crippen molar-refractivity contribution >= 4 is 21.8 Å². The van der Waals surface area contributed by atoms with Gasteiger partial charge in [-0.05, 0) is 41.9 Å². The minimum Gasteiger partial charge on any atom is -0.334 e. The zero-order valence-electron chi connectivity index (χ0n) is 8.54. The number of nitrogens with one attached hydrogen (secondary N) is 1. The molecule has 0 heterocycles. The molecule has 1 amide bonds. The second-order valence-corrected chi connectivity index (χ2v) is 4.53. The summed E-state index contributed by atoms with van der Waals surface area (Å²) in [4.78, 5) is 11.7. The first-order valence-electron chi connectivity index (χ1n) is 4.44. The highest BCUT2D eigenvalue weighted by molar-refractivity contribution is 9.10. The van der Waals surface area contributed by atoms with E-state index in [-0.39, 0.29) is 5.91 Å². The third-order valence-corrected chi connectivity index (χ3v) is 2.52. The standard InChI is InChI=1S/C11H11BrN2O/c1-11(2,7-13)14-10(15)8-5-3-4-6-9(8)12/h3-6H,1-2H3,(H,14,15). The van der Waals surface area contributed by atoms with Crippen molar-refractivity contribution in [2.45, 2.75) is 19.4 Å². The van der Waals surface area contributed by atoms with E-state index in [1.165, 1.54) is 0 Å². The summed E-state index contributed by atoms with van der Waals surface area (Å²) in [5, 5.41) is 11.4. The maximum absolute atomic E-state index is 11.7. The molecule has 15 heavy (non-hydrogen) atoms. The lowest BCUT2D eigenvalue weighted by atomic mass is 10.1. The minimum atomic E-state index is -0.855. The number of rotatable bonds is 2. The van der Waals surface area contributed by atoms with Crippen molar-refractivity contribution in [1.82, 2.24) is 5.32 Å². The first kappa shape index (κ1) is 11.7. The topological polar surface area (TPSA) is 52.9 Å². The highest BCUT2D eigenvalue weighted by Gasteiger charge is 2.21. The average Bonchev–Trinajstić information content (AvgIpc) is 2.17. The van der Waals surface area contributed by atoms with Crippen molar-refractivity contribution < 1.29 is 4.79 Å². The largest absolute Gasteiger partial charge is 0.334 e. The minimum absolute atomic E-state index is 0.256. The summed E-state index contributed by atoms with van der Waals surface area (Å²) in [6.45, 7) is 3.31. The van der Waals surface area contributed by atoms with Gasteiger partial charge in [-0.2, -0.15) is 5.26 Å². The lowest BCUT2D eigenvalue weighted by Gasteiger charge is -2.17. The molecule has 1 N–H and O–H groups in total. The molecule has 4 heteroatoms. The van der Waals surface area contributed by atoms with E-state index >= 15 is 0 Å². The predicted octanol–water partition coefficient (Wildman–Crippen LogP) is 2.48. The second kappa shape index (κ2) is 4.45. The van der Waals surface area contributed by atoms with E-state index in [1.54, 1.807) is 32.0 Å². The number of carbonyl (C=O) groups excluding carboxylic acids is 1. The molecule has 1 aromatic carbocycles. The Kier molecular flexibility index (Phi) is 3.48. The van der Waals surface area contributed by atoms with Crippen LogP contribution in [-0.4, -0.2) is 11.4 Å². The van der Waals surface area contributed by atoms with Crippen LogP contribution in [0.3, 0.4) is 0 Å². The first-order chi connectivity index (χ1) is 6.96. The fraction of sp³-hybridized carbons (Fsp3) is 0.273. The lowest BCUT2D eigenvalue weighted by Crippen LogP contribution is -2.42.